The zero-order valence-corrected chi connectivity index (χ0v) is 11.5. The minimum Gasteiger partial charge on any atom is -0.504 e. The van der Waals surface area contributed by atoms with Gasteiger partial charge in [-0.05, 0) is 42.9 Å². The van der Waals surface area contributed by atoms with Gasteiger partial charge in [-0.1, -0.05) is 13.8 Å². The summed E-state index contributed by atoms with van der Waals surface area (Å²) < 4.78 is 0. The minimum absolute atomic E-state index is 0.0718. The second kappa shape index (κ2) is 5.51. The van der Waals surface area contributed by atoms with Crippen molar-refractivity contribution in [2.75, 3.05) is 13.1 Å². The highest BCUT2D eigenvalue weighted by atomic mass is 16.3. The summed E-state index contributed by atoms with van der Waals surface area (Å²) in [7, 11) is 0. The molecule has 0 atom stereocenters. The fourth-order valence-electron chi connectivity index (χ4n) is 2.61. The van der Waals surface area contributed by atoms with Gasteiger partial charge < -0.3 is 15.1 Å². The number of piperidine rings is 1. The van der Waals surface area contributed by atoms with Gasteiger partial charge in [0.15, 0.2) is 11.5 Å². The Morgan fingerprint density at radius 2 is 1.84 bits per heavy atom. The maximum Gasteiger partial charge on any atom is 0.253 e. The monoisotopic (exact) mass is 263 g/mol. The van der Waals surface area contributed by atoms with Crippen molar-refractivity contribution >= 4 is 5.91 Å². The largest absolute Gasteiger partial charge is 0.504 e. The van der Waals surface area contributed by atoms with Crippen molar-refractivity contribution in [2.45, 2.75) is 26.7 Å². The lowest BCUT2D eigenvalue weighted by molar-refractivity contribution is 0.0667. The quantitative estimate of drug-likeness (QED) is 0.806. The Labute approximate surface area is 113 Å². The van der Waals surface area contributed by atoms with E-state index in [0.717, 1.165) is 25.9 Å². The maximum absolute atomic E-state index is 12.3. The number of rotatable bonds is 2. The molecule has 1 aromatic carbocycles. The van der Waals surface area contributed by atoms with Crippen molar-refractivity contribution in [3.8, 4) is 11.5 Å². The lowest BCUT2D eigenvalue weighted by atomic mass is 9.86. The fraction of sp³-hybridized carbons (Fsp3) is 0.533. The first-order valence-electron chi connectivity index (χ1n) is 6.80. The first-order valence-corrected chi connectivity index (χ1v) is 6.80. The van der Waals surface area contributed by atoms with Gasteiger partial charge in [0.25, 0.3) is 5.91 Å². The molecule has 1 aromatic rings. The van der Waals surface area contributed by atoms with Gasteiger partial charge in [-0.15, -0.1) is 0 Å². The van der Waals surface area contributed by atoms with Crippen molar-refractivity contribution < 1.29 is 15.0 Å². The molecule has 0 spiro atoms. The Balaban J connectivity index is 2.03. The number of phenolic OH excluding ortho intramolecular Hbond substituents is 2. The fourth-order valence-corrected chi connectivity index (χ4v) is 2.61. The molecule has 2 N–H and O–H groups in total. The molecule has 1 amide bonds. The van der Waals surface area contributed by atoms with Crippen molar-refractivity contribution in [2.24, 2.45) is 11.8 Å². The smallest absolute Gasteiger partial charge is 0.253 e. The van der Waals surface area contributed by atoms with Crippen molar-refractivity contribution in [3.63, 3.8) is 0 Å². The minimum atomic E-state index is -0.247. The summed E-state index contributed by atoms with van der Waals surface area (Å²) in [6, 6.07) is 4.22. The molecule has 1 saturated heterocycles. The summed E-state index contributed by atoms with van der Waals surface area (Å²) >= 11 is 0. The van der Waals surface area contributed by atoms with Crippen LogP contribution in [0.4, 0.5) is 0 Å². The number of benzene rings is 1. The Morgan fingerprint density at radius 3 is 2.37 bits per heavy atom. The molecule has 1 aliphatic heterocycles. The number of hydrogen-bond acceptors (Lipinski definition) is 3. The van der Waals surface area contributed by atoms with Gasteiger partial charge in [0.1, 0.15) is 0 Å². The van der Waals surface area contributed by atoms with Gasteiger partial charge in [-0.25, -0.2) is 0 Å². The average Bonchev–Trinajstić information content (AvgIpc) is 2.41. The highest BCUT2D eigenvalue weighted by Gasteiger charge is 2.25. The summed E-state index contributed by atoms with van der Waals surface area (Å²) in [6.07, 6.45) is 2.07. The standard InChI is InChI=1S/C15H21NO3/c1-10(2)11-5-7-16(8-6-11)15(19)12-3-4-13(17)14(18)9-12/h3-4,9-11,17-18H,5-8H2,1-2H3. The van der Waals surface area contributed by atoms with Gasteiger partial charge in [-0.3, -0.25) is 4.79 Å². The zero-order chi connectivity index (χ0) is 14.0. The van der Waals surface area contributed by atoms with Crippen LogP contribution in [0, 0.1) is 11.8 Å². The van der Waals surface area contributed by atoms with E-state index in [4.69, 9.17) is 0 Å². The predicted molar refractivity (Wildman–Crippen MR) is 73.2 cm³/mol. The normalized spacial score (nSPS) is 16.9. The number of aromatic hydroxyl groups is 2. The molecule has 0 bridgehead atoms. The molecule has 0 radical (unpaired) electrons. The molecule has 0 unspecified atom stereocenters. The van der Waals surface area contributed by atoms with Crippen LogP contribution in [0.25, 0.3) is 0 Å². The van der Waals surface area contributed by atoms with Crippen LogP contribution >= 0.6 is 0 Å². The van der Waals surface area contributed by atoms with Crippen LogP contribution in [0.15, 0.2) is 18.2 Å². The zero-order valence-electron chi connectivity index (χ0n) is 11.5. The number of nitrogens with zero attached hydrogens (tertiary/aromatic N) is 1. The van der Waals surface area contributed by atoms with E-state index < -0.39 is 0 Å². The van der Waals surface area contributed by atoms with Gasteiger partial charge in [0.05, 0.1) is 0 Å². The van der Waals surface area contributed by atoms with Crippen LogP contribution in [-0.2, 0) is 0 Å². The van der Waals surface area contributed by atoms with Gasteiger partial charge in [0, 0.05) is 18.7 Å². The summed E-state index contributed by atoms with van der Waals surface area (Å²) in [4.78, 5) is 14.1. The third-order valence-electron chi connectivity index (χ3n) is 3.99. The van der Waals surface area contributed by atoms with E-state index >= 15 is 0 Å². The molecule has 2 rings (SSSR count). The van der Waals surface area contributed by atoms with Crippen LogP contribution < -0.4 is 0 Å². The van der Waals surface area contributed by atoms with Crippen LogP contribution in [0.1, 0.15) is 37.0 Å². The summed E-state index contributed by atoms with van der Waals surface area (Å²) in [5.74, 6) is 0.836. The predicted octanol–water partition coefficient (Wildman–Crippen LogP) is 2.61. The number of hydrogen-bond donors (Lipinski definition) is 2. The van der Waals surface area contributed by atoms with E-state index in [1.165, 1.54) is 12.1 Å². The first kappa shape index (κ1) is 13.7. The lowest BCUT2D eigenvalue weighted by Gasteiger charge is -2.34. The number of amides is 1. The molecule has 1 aliphatic rings. The van der Waals surface area contributed by atoms with Crippen LogP contribution in [-0.4, -0.2) is 34.1 Å². The average molecular weight is 263 g/mol. The van der Waals surface area contributed by atoms with Crippen molar-refractivity contribution in [3.05, 3.63) is 23.8 Å². The van der Waals surface area contributed by atoms with E-state index in [0.29, 0.717) is 17.4 Å². The highest BCUT2D eigenvalue weighted by Crippen LogP contribution is 2.28. The van der Waals surface area contributed by atoms with Crippen molar-refractivity contribution in [1.82, 2.24) is 4.90 Å². The number of carbonyl (C=O) groups excluding carboxylic acids is 1. The number of carbonyl (C=O) groups is 1. The summed E-state index contributed by atoms with van der Waals surface area (Å²) in [6.45, 7) is 5.98. The Hall–Kier alpha value is -1.71. The molecule has 4 nitrogen and oxygen atoms in total. The number of likely N-dealkylation sites (tertiary alicyclic amines) is 1. The second-order valence-electron chi connectivity index (χ2n) is 5.58. The van der Waals surface area contributed by atoms with E-state index in [2.05, 4.69) is 13.8 Å². The van der Waals surface area contributed by atoms with Crippen molar-refractivity contribution in [1.29, 1.82) is 0 Å². The Bertz CT molecular complexity index is 462. The first-order chi connectivity index (χ1) is 8.99. The Kier molecular flexibility index (Phi) is 3.98. The SMILES string of the molecule is CC(C)C1CCN(C(=O)c2ccc(O)c(O)c2)CC1. The van der Waals surface area contributed by atoms with Crippen LogP contribution in [0.2, 0.25) is 0 Å². The topological polar surface area (TPSA) is 60.8 Å². The van der Waals surface area contributed by atoms with Crippen LogP contribution in [0.5, 0.6) is 11.5 Å². The van der Waals surface area contributed by atoms with Gasteiger partial charge in [0.2, 0.25) is 0 Å². The van der Waals surface area contributed by atoms with Gasteiger partial charge in [-0.2, -0.15) is 0 Å². The van der Waals surface area contributed by atoms with E-state index in [9.17, 15) is 15.0 Å². The third-order valence-corrected chi connectivity index (χ3v) is 3.99. The molecule has 1 fully saturated rings. The van der Waals surface area contributed by atoms with Gasteiger partial charge >= 0.3 is 0 Å². The summed E-state index contributed by atoms with van der Waals surface area (Å²) in [5.41, 5.74) is 0.429. The molecule has 104 valence electrons. The molecular weight excluding hydrogens is 242 g/mol. The third kappa shape index (κ3) is 3.00. The van der Waals surface area contributed by atoms with Crippen LogP contribution in [0.3, 0.4) is 0 Å². The summed E-state index contributed by atoms with van der Waals surface area (Å²) in [5, 5.41) is 18.7. The molecular formula is C15H21NO3. The van der Waals surface area contributed by atoms with E-state index in [1.54, 1.807) is 6.07 Å². The molecule has 1 heterocycles. The highest BCUT2D eigenvalue weighted by molar-refractivity contribution is 5.94. The number of phenols is 2. The van der Waals surface area contributed by atoms with E-state index in [1.807, 2.05) is 4.90 Å². The molecule has 0 saturated carbocycles. The molecule has 0 aliphatic carbocycles. The molecule has 19 heavy (non-hydrogen) atoms. The Morgan fingerprint density at radius 1 is 1.21 bits per heavy atom. The molecule has 0 aromatic heterocycles. The van der Waals surface area contributed by atoms with E-state index in [-0.39, 0.29) is 17.4 Å². The maximum atomic E-state index is 12.3. The second-order valence-corrected chi connectivity index (χ2v) is 5.58. The molecule has 4 heteroatoms. The lowest BCUT2D eigenvalue weighted by Crippen LogP contribution is -2.39.